The molecule has 1 amide bonds. The van der Waals surface area contributed by atoms with Gasteiger partial charge in [-0.05, 0) is 35.4 Å². The molecule has 6 heteroatoms. The first-order valence-corrected chi connectivity index (χ1v) is 6.34. The van der Waals surface area contributed by atoms with E-state index < -0.39 is 5.97 Å². The largest absolute Gasteiger partial charge is 0.545 e. The molecule has 0 bridgehead atoms. The maximum atomic E-state index is 11.7. The molecule has 0 aliphatic heterocycles. The molecule has 21 heavy (non-hydrogen) atoms. The second-order valence-corrected chi connectivity index (χ2v) is 4.55. The van der Waals surface area contributed by atoms with Crippen molar-refractivity contribution >= 4 is 29.7 Å². The van der Waals surface area contributed by atoms with E-state index in [1.54, 1.807) is 36.4 Å². The van der Waals surface area contributed by atoms with E-state index in [1.165, 1.54) is 18.3 Å². The van der Waals surface area contributed by atoms with E-state index in [2.05, 4.69) is 10.5 Å². The molecule has 2 aromatic rings. The Labute approximate surface area is 125 Å². The van der Waals surface area contributed by atoms with E-state index in [0.717, 1.165) is 0 Å². The zero-order chi connectivity index (χ0) is 15.2. The first kappa shape index (κ1) is 14.7. The smallest absolute Gasteiger partial charge is 0.271 e. The number of nitrogens with zero attached hydrogens (tertiary/aromatic N) is 1. The topological polar surface area (TPSA) is 81.6 Å². The van der Waals surface area contributed by atoms with Gasteiger partial charge in [0, 0.05) is 10.6 Å². The second-order valence-electron chi connectivity index (χ2n) is 4.12. The van der Waals surface area contributed by atoms with Crippen molar-refractivity contribution < 1.29 is 14.7 Å². The summed E-state index contributed by atoms with van der Waals surface area (Å²) in [4.78, 5) is 22.3. The van der Waals surface area contributed by atoms with Crippen molar-refractivity contribution in [2.24, 2.45) is 5.10 Å². The van der Waals surface area contributed by atoms with Crippen LogP contribution >= 0.6 is 11.6 Å². The van der Waals surface area contributed by atoms with Crippen molar-refractivity contribution in [2.45, 2.75) is 0 Å². The minimum Gasteiger partial charge on any atom is -0.545 e. The quantitative estimate of drug-likeness (QED) is 0.686. The number of carboxylic acid groups (broad SMARTS) is 1. The van der Waals surface area contributed by atoms with Crippen LogP contribution in [0.2, 0.25) is 5.02 Å². The highest BCUT2D eigenvalue weighted by Crippen LogP contribution is 2.09. The first-order chi connectivity index (χ1) is 10.1. The summed E-state index contributed by atoms with van der Waals surface area (Å²) >= 11 is 5.73. The summed E-state index contributed by atoms with van der Waals surface area (Å²) < 4.78 is 0. The fourth-order valence-electron chi connectivity index (χ4n) is 1.54. The number of hydrogen-bond donors (Lipinski definition) is 1. The molecular formula is C15H10ClN2O3-. The maximum Gasteiger partial charge on any atom is 0.271 e. The summed E-state index contributed by atoms with van der Waals surface area (Å²) in [5.74, 6) is -1.61. The molecule has 0 heterocycles. The molecule has 5 nitrogen and oxygen atoms in total. The van der Waals surface area contributed by atoms with E-state index in [4.69, 9.17) is 11.6 Å². The first-order valence-electron chi connectivity index (χ1n) is 5.96. The molecule has 0 aliphatic rings. The lowest BCUT2D eigenvalue weighted by molar-refractivity contribution is -0.255. The van der Waals surface area contributed by atoms with Crippen molar-refractivity contribution in [2.75, 3.05) is 0 Å². The van der Waals surface area contributed by atoms with Crippen LogP contribution in [0.25, 0.3) is 0 Å². The summed E-state index contributed by atoms with van der Waals surface area (Å²) in [6.07, 6.45) is 1.41. The Morgan fingerprint density at radius 3 is 2.14 bits per heavy atom. The number of halogens is 1. The van der Waals surface area contributed by atoms with Crippen LogP contribution in [0.15, 0.2) is 53.6 Å². The fraction of sp³-hybridized carbons (Fsp3) is 0. The highest BCUT2D eigenvalue weighted by Gasteiger charge is 2.02. The van der Waals surface area contributed by atoms with Gasteiger partial charge in [0.15, 0.2) is 0 Å². The predicted molar refractivity (Wildman–Crippen MR) is 77.3 cm³/mol. The van der Waals surface area contributed by atoms with Crippen molar-refractivity contribution in [1.82, 2.24) is 5.43 Å². The van der Waals surface area contributed by atoms with E-state index >= 15 is 0 Å². The van der Waals surface area contributed by atoms with Gasteiger partial charge >= 0.3 is 0 Å². The number of carbonyl (C=O) groups excluding carboxylic acids is 2. The summed E-state index contributed by atoms with van der Waals surface area (Å²) in [6, 6.07) is 12.3. The molecule has 106 valence electrons. The normalized spacial score (nSPS) is 10.5. The second kappa shape index (κ2) is 6.67. The Bertz CT molecular complexity index is 679. The van der Waals surface area contributed by atoms with Crippen LogP contribution in [0, 0.1) is 0 Å². The van der Waals surface area contributed by atoms with Gasteiger partial charge in [0.05, 0.1) is 12.2 Å². The molecule has 0 saturated heterocycles. The monoisotopic (exact) mass is 301 g/mol. The summed E-state index contributed by atoms with van der Waals surface area (Å²) in [7, 11) is 0. The van der Waals surface area contributed by atoms with Crippen LogP contribution in [0.5, 0.6) is 0 Å². The fourth-order valence-corrected chi connectivity index (χ4v) is 1.66. The van der Waals surface area contributed by atoms with Crippen molar-refractivity contribution in [1.29, 1.82) is 0 Å². The minimum atomic E-state index is -1.24. The van der Waals surface area contributed by atoms with Crippen LogP contribution in [0.4, 0.5) is 0 Å². The van der Waals surface area contributed by atoms with Gasteiger partial charge in [0.2, 0.25) is 0 Å². The van der Waals surface area contributed by atoms with E-state index in [1.807, 2.05) is 0 Å². The van der Waals surface area contributed by atoms with Crippen LogP contribution in [-0.4, -0.2) is 18.1 Å². The van der Waals surface area contributed by atoms with Gasteiger partial charge in [-0.25, -0.2) is 5.43 Å². The third kappa shape index (κ3) is 4.15. The molecule has 0 aliphatic carbocycles. The van der Waals surface area contributed by atoms with Gasteiger partial charge in [-0.15, -0.1) is 0 Å². The van der Waals surface area contributed by atoms with Gasteiger partial charge in [-0.2, -0.15) is 5.10 Å². The van der Waals surface area contributed by atoms with Crippen molar-refractivity contribution in [3.8, 4) is 0 Å². The van der Waals surface area contributed by atoms with E-state index in [9.17, 15) is 14.7 Å². The third-order valence-electron chi connectivity index (χ3n) is 2.63. The zero-order valence-corrected chi connectivity index (χ0v) is 11.5. The molecule has 0 fully saturated rings. The van der Waals surface area contributed by atoms with Crippen LogP contribution in [-0.2, 0) is 0 Å². The molecule has 0 spiro atoms. The number of hydrogen-bond acceptors (Lipinski definition) is 4. The zero-order valence-electron chi connectivity index (χ0n) is 10.7. The summed E-state index contributed by atoms with van der Waals surface area (Å²) in [5.41, 5.74) is 3.53. The minimum absolute atomic E-state index is 0.0809. The van der Waals surface area contributed by atoms with Gasteiger partial charge in [0.1, 0.15) is 0 Å². The number of carbonyl (C=O) groups is 2. The van der Waals surface area contributed by atoms with Gasteiger partial charge in [-0.3, -0.25) is 4.79 Å². The summed E-state index contributed by atoms with van der Waals surface area (Å²) in [5, 5.41) is 14.9. The number of hydrazone groups is 1. The molecule has 2 aromatic carbocycles. The van der Waals surface area contributed by atoms with Crippen molar-refractivity contribution in [3.05, 3.63) is 70.2 Å². The van der Waals surface area contributed by atoms with Crippen LogP contribution in [0.3, 0.4) is 0 Å². The average molecular weight is 302 g/mol. The third-order valence-corrected chi connectivity index (χ3v) is 2.88. The Kier molecular flexibility index (Phi) is 4.68. The number of aromatic carboxylic acids is 1. The molecule has 0 aromatic heterocycles. The Morgan fingerprint density at radius 1 is 1.00 bits per heavy atom. The van der Waals surface area contributed by atoms with Crippen molar-refractivity contribution in [3.63, 3.8) is 0 Å². The lowest BCUT2D eigenvalue weighted by atomic mass is 10.1. The van der Waals surface area contributed by atoms with Gasteiger partial charge in [0.25, 0.3) is 5.91 Å². The Balaban J connectivity index is 1.97. The number of carboxylic acids is 1. The van der Waals surface area contributed by atoms with E-state index in [0.29, 0.717) is 16.1 Å². The molecule has 0 unspecified atom stereocenters. The Morgan fingerprint density at radius 2 is 1.57 bits per heavy atom. The molecule has 1 N–H and O–H groups in total. The van der Waals surface area contributed by atoms with Gasteiger partial charge < -0.3 is 9.90 Å². The Hall–Kier alpha value is -2.66. The van der Waals surface area contributed by atoms with E-state index in [-0.39, 0.29) is 11.5 Å². The van der Waals surface area contributed by atoms with Gasteiger partial charge in [-0.1, -0.05) is 35.9 Å². The highest BCUT2D eigenvalue weighted by molar-refractivity contribution is 6.30. The number of amides is 1. The standard InChI is InChI=1S/C15H11ClN2O3/c16-13-7-5-11(6-8-13)14(19)18-17-9-10-1-3-12(4-2-10)15(20)21/h1-9H,(H,18,19)(H,20,21)/p-1/b17-9-. The molecule has 0 atom stereocenters. The summed E-state index contributed by atoms with van der Waals surface area (Å²) in [6.45, 7) is 0. The molecule has 2 rings (SSSR count). The van der Waals surface area contributed by atoms with Crippen LogP contribution in [0.1, 0.15) is 26.3 Å². The average Bonchev–Trinajstić information content (AvgIpc) is 2.48. The maximum absolute atomic E-state index is 11.7. The van der Waals surface area contributed by atoms with Crippen LogP contribution < -0.4 is 10.5 Å². The number of rotatable bonds is 4. The lowest BCUT2D eigenvalue weighted by Gasteiger charge is -2.02. The highest BCUT2D eigenvalue weighted by atomic mass is 35.5. The predicted octanol–water partition coefficient (Wildman–Crippen LogP) is 1.47. The molecule has 0 saturated carbocycles. The molecule has 0 radical (unpaired) electrons. The SMILES string of the molecule is O=C([O-])c1ccc(/C=N\NC(=O)c2ccc(Cl)cc2)cc1. The lowest BCUT2D eigenvalue weighted by Crippen LogP contribution is -2.22. The number of nitrogens with one attached hydrogen (secondary N) is 1. The molecular weight excluding hydrogens is 292 g/mol. The number of benzene rings is 2.